The molecule has 1 aromatic carbocycles. The van der Waals surface area contributed by atoms with Crippen LogP contribution in [0.3, 0.4) is 0 Å². The minimum absolute atomic E-state index is 0.0393. The number of nitrogens with one attached hydrogen (secondary N) is 1. The van der Waals surface area contributed by atoms with Gasteiger partial charge in [-0.1, -0.05) is 6.07 Å². The number of hydrogen-bond donors (Lipinski definition) is 2. The lowest BCUT2D eigenvalue weighted by molar-refractivity contribution is 0.0932. The first-order valence-corrected chi connectivity index (χ1v) is 7.24. The lowest BCUT2D eigenvalue weighted by atomic mass is 9.92. The highest BCUT2D eigenvalue weighted by molar-refractivity contribution is 5.95. The van der Waals surface area contributed by atoms with Crippen LogP contribution in [0, 0.1) is 6.92 Å². The van der Waals surface area contributed by atoms with Crippen LogP contribution in [0.25, 0.3) is 0 Å². The van der Waals surface area contributed by atoms with E-state index in [1.54, 1.807) is 6.07 Å². The van der Waals surface area contributed by atoms with Crippen LogP contribution in [-0.2, 0) is 13.5 Å². The number of fused-ring (bicyclic) bond motifs is 1. The van der Waals surface area contributed by atoms with Crippen molar-refractivity contribution in [3.63, 3.8) is 0 Å². The molecule has 0 bridgehead atoms. The Morgan fingerprint density at radius 2 is 2.29 bits per heavy atom. The molecule has 5 heteroatoms. The van der Waals surface area contributed by atoms with Crippen molar-refractivity contribution in [2.45, 2.75) is 32.2 Å². The number of anilines is 1. The molecule has 1 aromatic heterocycles. The highest BCUT2D eigenvalue weighted by atomic mass is 16.1. The average molecular weight is 284 g/mol. The second-order valence-electron chi connectivity index (χ2n) is 5.66. The van der Waals surface area contributed by atoms with Crippen LogP contribution in [0.5, 0.6) is 0 Å². The number of aromatic nitrogens is 2. The molecule has 1 unspecified atom stereocenters. The summed E-state index contributed by atoms with van der Waals surface area (Å²) in [5, 5.41) is 7.40. The molecular weight excluding hydrogens is 264 g/mol. The molecule has 0 saturated heterocycles. The topological polar surface area (TPSA) is 72.9 Å². The molecule has 21 heavy (non-hydrogen) atoms. The van der Waals surface area contributed by atoms with Gasteiger partial charge in [-0.3, -0.25) is 9.48 Å². The van der Waals surface area contributed by atoms with Gasteiger partial charge in [0.25, 0.3) is 5.91 Å². The second kappa shape index (κ2) is 5.24. The monoisotopic (exact) mass is 284 g/mol. The van der Waals surface area contributed by atoms with Gasteiger partial charge < -0.3 is 11.1 Å². The van der Waals surface area contributed by atoms with Crippen molar-refractivity contribution in [2.24, 2.45) is 7.05 Å². The highest BCUT2D eigenvalue weighted by Gasteiger charge is 2.25. The fourth-order valence-electron chi connectivity index (χ4n) is 2.88. The lowest BCUT2D eigenvalue weighted by Crippen LogP contribution is -2.31. The number of rotatable bonds is 2. The smallest absolute Gasteiger partial charge is 0.251 e. The van der Waals surface area contributed by atoms with Gasteiger partial charge in [0.2, 0.25) is 0 Å². The molecule has 3 rings (SSSR count). The molecule has 0 fully saturated rings. The average Bonchev–Trinajstić information content (AvgIpc) is 2.85. The molecule has 5 nitrogen and oxygen atoms in total. The van der Waals surface area contributed by atoms with Crippen molar-refractivity contribution in [1.82, 2.24) is 15.1 Å². The van der Waals surface area contributed by atoms with Gasteiger partial charge in [-0.05, 0) is 43.9 Å². The largest absolute Gasteiger partial charge is 0.398 e. The normalized spacial score (nSPS) is 17.3. The van der Waals surface area contributed by atoms with Gasteiger partial charge in [0.05, 0.1) is 12.2 Å². The predicted molar refractivity (Wildman–Crippen MR) is 81.9 cm³/mol. The first-order chi connectivity index (χ1) is 10.1. The molecule has 1 aliphatic rings. The van der Waals surface area contributed by atoms with E-state index >= 15 is 0 Å². The van der Waals surface area contributed by atoms with Gasteiger partial charge >= 0.3 is 0 Å². The fourth-order valence-corrected chi connectivity index (χ4v) is 2.88. The van der Waals surface area contributed by atoms with E-state index in [0.29, 0.717) is 11.3 Å². The van der Waals surface area contributed by atoms with Crippen LogP contribution in [0.2, 0.25) is 0 Å². The number of aryl methyl sites for hydroxylation is 2. The quantitative estimate of drug-likeness (QED) is 0.830. The Bertz CT molecular complexity index is 690. The third kappa shape index (κ3) is 2.51. The standard InChI is InChI=1S/C16H20N4O/c1-10-6-7-11(8-13(10)17)16(21)19-14-4-3-5-15-12(14)9-18-20(15)2/h6-9,14H,3-5,17H2,1-2H3,(H,19,21). The zero-order valence-electron chi connectivity index (χ0n) is 12.4. The summed E-state index contributed by atoms with van der Waals surface area (Å²) in [6.45, 7) is 1.93. The van der Waals surface area contributed by atoms with Crippen molar-refractivity contribution in [3.8, 4) is 0 Å². The Morgan fingerprint density at radius 1 is 1.48 bits per heavy atom. The molecule has 0 spiro atoms. The minimum Gasteiger partial charge on any atom is -0.398 e. The van der Waals surface area contributed by atoms with Gasteiger partial charge in [-0.25, -0.2) is 0 Å². The van der Waals surface area contributed by atoms with E-state index in [0.717, 1.165) is 30.4 Å². The summed E-state index contributed by atoms with van der Waals surface area (Å²) in [6.07, 6.45) is 4.90. The van der Waals surface area contributed by atoms with E-state index < -0.39 is 0 Å². The molecule has 3 N–H and O–H groups in total. The minimum atomic E-state index is -0.0802. The van der Waals surface area contributed by atoms with Crippen molar-refractivity contribution in [1.29, 1.82) is 0 Å². The number of carbonyl (C=O) groups is 1. The molecule has 2 aromatic rings. The van der Waals surface area contributed by atoms with Crippen LogP contribution in [0.4, 0.5) is 5.69 Å². The molecule has 1 aliphatic carbocycles. The van der Waals surface area contributed by atoms with Crippen molar-refractivity contribution < 1.29 is 4.79 Å². The first-order valence-electron chi connectivity index (χ1n) is 7.24. The van der Waals surface area contributed by atoms with Gasteiger partial charge in [0.1, 0.15) is 0 Å². The summed E-state index contributed by atoms with van der Waals surface area (Å²) >= 11 is 0. The van der Waals surface area contributed by atoms with Crippen LogP contribution in [0.15, 0.2) is 24.4 Å². The van der Waals surface area contributed by atoms with Crippen molar-refractivity contribution in [2.75, 3.05) is 5.73 Å². The van der Waals surface area contributed by atoms with Crippen LogP contribution < -0.4 is 11.1 Å². The van der Waals surface area contributed by atoms with E-state index in [-0.39, 0.29) is 11.9 Å². The first kappa shape index (κ1) is 13.7. The van der Waals surface area contributed by atoms with E-state index in [1.165, 1.54) is 5.69 Å². The van der Waals surface area contributed by atoms with Crippen LogP contribution >= 0.6 is 0 Å². The number of nitrogens with zero attached hydrogens (tertiary/aromatic N) is 2. The maximum absolute atomic E-state index is 12.4. The molecule has 1 heterocycles. The zero-order chi connectivity index (χ0) is 15.0. The number of nitrogens with two attached hydrogens (primary N) is 1. The van der Waals surface area contributed by atoms with Gasteiger partial charge in [-0.15, -0.1) is 0 Å². The number of carbonyl (C=O) groups excluding carboxylic acids is 1. The Kier molecular flexibility index (Phi) is 3.41. The Morgan fingerprint density at radius 3 is 3.05 bits per heavy atom. The van der Waals surface area contributed by atoms with E-state index in [2.05, 4.69) is 10.4 Å². The molecule has 0 aliphatic heterocycles. The number of hydrogen-bond acceptors (Lipinski definition) is 3. The third-order valence-electron chi connectivity index (χ3n) is 4.22. The van der Waals surface area contributed by atoms with Crippen LogP contribution in [-0.4, -0.2) is 15.7 Å². The number of amides is 1. The van der Waals surface area contributed by atoms with E-state index in [1.807, 2.05) is 37.0 Å². The Balaban J connectivity index is 1.81. The third-order valence-corrected chi connectivity index (χ3v) is 4.22. The summed E-state index contributed by atoms with van der Waals surface area (Å²) in [6, 6.07) is 5.46. The second-order valence-corrected chi connectivity index (χ2v) is 5.66. The summed E-state index contributed by atoms with van der Waals surface area (Å²) in [5.74, 6) is -0.0802. The van der Waals surface area contributed by atoms with E-state index in [4.69, 9.17) is 5.73 Å². The Labute approximate surface area is 124 Å². The SMILES string of the molecule is Cc1ccc(C(=O)NC2CCCc3c2cnn3C)cc1N. The molecule has 110 valence electrons. The van der Waals surface area contributed by atoms with Crippen molar-refractivity contribution in [3.05, 3.63) is 46.8 Å². The lowest BCUT2D eigenvalue weighted by Gasteiger charge is -2.24. The number of nitrogen functional groups attached to an aromatic ring is 1. The maximum atomic E-state index is 12.4. The van der Waals surface area contributed by atoms with E-state index in [9.17, 15) is 4.79 Å². The highest BCUT2D eigenvalue weighted by Crippen LogP contribution is 2.29. The molecule has 1 atom stereocenters. The van der Waals surface area contributed by atoms with Gasteiger partial charge in [0.15, 0.2) is 0 Å². The summed E-state index contributed by atoms with van der Waals surface area (Å²) in [5.41, 5.74) is 10.5. The van der Waals surface area contributed by atoms with Crippen molar-refractivity contribution >= 4 is 11.6 Å². The fraction of sp³-hybridized carbons (Fsp3) is 0.375. The van der Waals surface area contributed by atoms with Gasteiger partial charge in [0, 0.05) is 29.6 Å². The molecule has 1 amide bonds. The summed E-state index contributed by atoms with van der Waals surface area (Å²) < 4.78 is 1.90. The molecule has 0 radical (unpaired) electrons. The summed E-state index contributed by atoms with van der Waals surface area (Å²) in [4.78, 5) is 12.4. The zero-order valence-corrected chi connectivity index (χ0v) is 12.4. The van der Waals surface area contributed by atoms with Gasteiger partial charge in [-0.2, -0.15) is 5.10 Å². The molecule has 0 saturated carbocycles. The molecular formula is C16H20N4O. The maximum Gasteiger partial charge on any atom is 0.251 e. The van der Waals surface area contributed by atoms with Crippen LogP contribution in [0.1, 0.15) is 46.1 Å². The number of benzene rings is 1. The predicted octanol–water partition coefficient (Wildman–Crippen LogP) is 2.12. The summed E-state index contributed by atoms with van der Waals surface area (Å²) in [7, 11) is 1.95. The Hall–Kier alpha value is -2.30.